The molecule has 1 aromatic heterocycles. The molecule has 3 rings (SSSR count). The van der Waals surface area contributed by atoms with Crippen LogP contribution in [0.15, 0.2) is 41.4 Å². The summed E-state index contributed by atoms with van der Waals surface area (Å²) in [5.74, 6) is 0.995. The van der Waals surface area contributed by atoms with Crippen molar-refractivity contribution in [1.29, 1.82) is 0 Å². The number of aliphatic imine (C=N–C) groups is 1. The average molecular weight is 310 g/mol. The molecular formula is C18H22N4O. The fourth-order valence-corrected chi connectivity index (χ4v) is 2.90. The quantitative estimate of drug-likeness (QED) is 0.673. The molecule has 1 heterocycles. The number of hydrogen-bond acceptors (Lipinski definition) is 3. The molecular weight excluding hydrogens is 288 g/mol. The molecule has 0 radical (unpaired) electrons. The van der Waals surface area contributed by atoms with Gasteiger partial charge < -0.3 is 15.8 Å². The van der Waals surface area contributed by atoms with Crippen LogP contribution in [0.25, 0.3) is 0 Å². The van der Waals surface area contributed by atoms with Gasteiger partial charge in [-0.15, -0.1) is 0 Å². The van der Waals surface area contributed by atoms with Crippen LogP contribution in [0.5, 0.6) is 5.88 Å². The highest BCUT2D eigenvalue weighted by Crippen LogP contribution is 2.27. The van der Waals surface area contributed by atoms with Crippen LogP contribution in [0.4, 0.5) is 5.69 Å². The highest BCUT2D eigenvalue weighted by Gasteiger charge is 2.13. The number of nitrogens with two attached hydrogens (primary N) is 1. The molecule has 120 valence electrons. The summed E-state index contributed by atoms with van der Waals surface area (Å²) < 4.78 is 5.11. The molecule has 5 nitrogen and oxygen atoms in total. The van der Waals surface area contributed by atoms with Crippen molar-refractivity contribution in [2.75, 3.05) is 12.4 Å². The van der Waals surface area contributed by atoms with E-state index in [2.05, 4.69) is 33.5 Å². The highest BCUT2D eigenvalue weighted by molar-refractivity contribution is 5.93. The summed E-state index contributed by atoms with van der Waals surface area (Å²) >= 11 is 0. The number of benzene rings is 1. The molecule has 0 saturated heterocycles. The van der Waals surface area contributed by atoms with E-state index >= 15 is 0 Å². The van der Waals surface area contributed by atoms with Crippen LogP contribution in [0, 0.1) is 0 Å². The zero-order valence-corrected chi connectivity index (χ0v) is 13.4. The molecule has 0 aliphatic heterocycles. The second-order valence-electron chi connectivity index (χ2n) is 5.65. The number of guanidine groups is 1. The number of aromatic nitrogens is 1. The van der Waals surface area contributed by atoms with Crippen molar-refractivity contribution in [2.24, 2.45) is 10.7 Å². The van der Waals surface area contributed by atoms with Crippen LogP contribution >= 0.6 is 0 Å². The predicted octanol–water partition coefficient (Wildman–Crippen LogP) is 2.90. The maximum absolute atomic E-state index is 6.04. The number of nitrogens with zero attached hydrogens (tertiary/aromatic N) is 2. The van der Waals surface area contributed by atoms with E-state index in [0.29, 0.717) is 18.4 Å². The summed E-state index contributed by atoms with van der Waals surface area (Å²) in [6.07, 6.45) is 4.75. The number of rotatable bonds is 4. The summed E-state index contributed by atoms with van der Waals surface area (Å²) in [4.78, 5) is 8.71. The van der Waals surface area contributed by atoms with Crippen LogP contribution in [0.3, 0.4) is 0 Å². The molecule has 3 N–H and O–H groups in total. The maximum Gasteiger partial charge on any atom is 0.213 e. The van der Waals surface area contributed by atoms with E-state index in [1.165, 1.54) is 24.0 Å². The summed E-state index contributed by atoms with van der Waals surface area (Å²) in [5.41, 5.74) is 10.7. The van der Waals surface area contributed by atoms with Crippen LogP contribution in [0.2, 0.25) is 0 Å². The molecule has 0 amide bonds. The van der Waals surface area contributed by atoms with Gasteiger partial charge in [0.05, 0.1) is 19.3 Å². The van der Waals surface area contributed by atoms with Crippen molar-refractivity contribution in [2.45, 2.75) is 32.2 Å². The molecule has 0 spiro atoms. The van der Waals surface area contributed by atoms with Gasteiger partial charge in [0.15, 0.2) is 5.96 Å². The molecule has 0 saturated carbocycles. The molecule has 5 heteroatoms. The fraction of sp³-hybridized carbons (Fsp3) is 0.333. The van der Waals surface area contributed by atoms with E-state index in [9.17, 15) is 0 Å². The van der Waals surface area contributed by atoms with E-state index < -0.39 is 0 Å². The number of anilines is 1. The van der Waals surface area contributed by atoms with Gasteiger partial charge in [-0.2, -0.15) is 0 Å². The molecule has 0 atom stereocenters. The minimum atomic E-state index is 0.411. The Kier molecular flexibility index (Phi) is 4.76. The minimum absolute atomic E-state index is 0.411. The third kappa shape index (κ3) is 3.80. The zero-order chi connectivity index (χ0) is 16.1. The van der Waals surface area contributed by atoms with Crippen LogP contribution in [-0.2, 0) is 19.4 Å². The lowest BCUT2D eigenvalue weighted by atomic mass is 9.90. The maximum atomic E-state index is 6.04. The van der Waals surface area contributed by atoms with E-state index in [4.69, 9.17) is 10.5 Å². The van der Waals surface area contributed by atoms with Crippen LogP contribution in [-0.4, -0.2) is 18.1 Å². The first-order valence-corrected chi connectivity index (χ1v) is 7.94. The standard InChI is InChI=1S/C18H22N4O/c1-23-17-11-5-8-14(21-17)12-20-18(19)22-16-10-4-7-13-6-2-3-9-15(13)16/h4-5,7-8,10-11H,2-3,6,9,12H2,1H3,(H3,19,20,22). The van der Waals surface area contributed by atoms with Crippen molar-refractivity contribution >= 4 is 11.6 Å². The van der Waals surface area contributed by atoms with Gasteiger partial charge in [0.1, 0.15) is 0 Å². The van der Waals surface area contributed by atoms with Gasteiger partial charge in [-0.05, 0) is 48.9 Å². The first-order chi connectivity index (χ1) is 11.3. The Balaban J connectivity index is 1.70. The summed E-state index contributed by atoms with van der Waals surface area (Å²) in [6, 6.07) is 12.0. The number of ether oxygens (including phenoxy) is 1. The van der Waals surface area contributed by atoms with E-state index in [-0.39, 0.29) is 0 Å². The second kappa shape index (κ2) is 7.13. The Bertz CT molecular complexity index is 712. The topological polar surface area (TPSA) is 72.5 Å². The normalized spacial score (nSPS) is 14.2. The van der Waals surface area contributed by atoms with Gasteiger partial charge in [0, 0.05) is 11.8 Å². The second-order valence-corrected chi connectivity index (χ2v) is 5.65. The smallest absolute Gasteiger partial charge is 0.213 e. The van der Waals surface area contributed by atoms with E-state index in [0.717, 1.165) is 24.2 Å². The number of pyridine rings is 1. The first-order valence-electron chi connectivity index (χ1n) is 7.94. The molecule has 23 heavy (non-hydrogen) atoms. The highest BCUT2D eigenvalue weighted by atomic mass is 16.5. The lowest BCUT2D eigenvalue weighted by molar-refractivity contribution is 0.396. The van der Waals surface area contributed by atoms with Gasteiger partial charge in [-0.3, -0.25) is 0 Å². The van der Waals surface area contributed by atoms with Crippen molar-refractivity contribution in [3.05, 3.63) is 53.2 Å². The molecule has 0 fully saturated rings. The lowest BCUT2D eigenvalue weighted by Crippen LogP contribution is -2.24. The summed E-state index contributed by atoms with van der Waals surface area (Å²) in [7, 11) is 1.60. The Hall–Kier alpha value is -2.56. The molecule has 0 unspecified atom stereocenters. The van der Waals surface area contributed by atoms with Crippen LogP contribution < -0.4 is 15.8 Å². The predicted molar refractivity (Wildman–Crippen MR) is 92.8 cm³/mol. The van der Waals surface area contributed by atoms with Crippen molar-refractivity contribution in [1.82, 2.24) is 4.98 Å². The molecule has 2 aromatic rings. The van der Waals surface area contributed by atoms with Gasteiger partial charge in [-0.1, -0.05) is 18.2 Å². The van der Waals surface area contributed by atoms with Crippen molar-refractivity contribution < 1.29 is 4.74 Å². The monoisotopic (exact) mass is 310 g/mol. The van der Waals surface area contributed by atoms with Gasteiger partial charge in [-0.25, -0.2) is 9.98 Å². The summed E-state index contributed by atoms with van der Waals surface area (Å²) in [6.45, 7) is 0.422. The van der Waals surface area contributed by atoms with Gasteiger partial charge in [0.2, 0.25) is 5.88 Å². The summed E-state index contributed by atoms with van der Waals surface area (Å²) in [5, 5.41) is 3.24. The van der Waals surface area contributed by atoms with Gasteiger partial charge >= 0.3 is 0 Å². The number of methoxy groups -OCH3 is 1. The lowest BCUT2D eigenvalue weighted by Gasteiger charge is -2.19. The number of aryl methyl sites for hydroxylation is 1. The van der Waals surface area contributed by atoms with Crippen LogP contribution in [0.1, 0.15) is 29.7 Å². The fourth-order valence-electron chi connectivity index (χ4n) is 2.90. The molecule has 0 bridgehead atoms. The Morgan fingerprint density at radius 1 is 1.22 bits per heavy atom. The van der Waals surface area contributed by atoms with E-state index in [1.54, 1.807) is 7.11 Å². The third-order valence-corrected chi connectivity index (χ3v) is 4.06. The first kappa shape index (κ1) is 15.3. The molecule has 1 aliphatic carbocycles. The number of nitrogens with one attached hydrogen (secondary N) is 1. The average Bonchev–Trinajstić information content (AvgIpc) is 2.60. The zero-order valence-electron chi connectivity index (χ0n) is 13.4. The Morgan fingerprint density at radius 2 is 2.04 bits per heavy atom. The number of fused-ring (bicyclic) bond motifs is 1. The minimum Gasteiger partial charge on any atom is -0.481 e. The van der Waals surface area contributed by atoms with Crippen molar-refractivity contribution in [3.63, 3.8) is 0 Å². The SMILES string of the molecule is COc1cccc(CN=C(N)Nc2cccc3c2CCCC3)n1. The van der Waals surface area contributed by atoms with Gasteiger partial charge in [0.25, 0.3) is 0 Å². The molecule has 1 aliphatic rings. The van der Waals surface area contributed by atoms with E-state index in [1.807, 2.05) is 18.2 Å². The third-order valence-electron chi connectivity index (χ3n) is 4.06. The molecule has 1 aromatic carbocycles. The number of hydrogen-bond donors (Lipinski definition) is 2. The Labute approximate surface area is 136 Å². The Morgan fingerprint density at radius 3 is 2.91 bits per heavy atom. The largest absolute Gasteiger partial charge is 0.481 e. The van der Waals surface area contributed by atoms with Crippen molar-refractivity contribution in [3.8, 4) is 5.88 Å².